The van der Waals surface area contributed by atoms with Crippen molar-refractivity contribution in [3.63, 3.8) is 0 Å². The molecule has 1 aliphatic carbocycles. The van der Waals surface area contributed by atoms with Gasteiger partial charge in [0.2, 0.25) is 0 Å². The quantitative estimate of drug-likeness (QED) is 0.488. The van der Waals surface area contributed by atoms with Crippen LogP contribution in [0.5, 0.6) is 0 Å². The van der Waals surface area contributed by atoms with Crippen LogP contribution in [0.25, 0.3) is 0 Å². The third-order valence-corrected chi connectivity index (χ3v) is 6.55. The molecule has 1 amide bonds. The molecule has 6 unspecified atom stereocenters. The van der Waals surface area contributed by atoms with Crippen molar-refractivity contribution in [1.82, 2.24) is 5.32 Å². The van der Waals surface area contributed by atoms with Gasteiger partial charge in [0.15, 0.2) is 0 Å². The minimum absolute atomic E-state index is 0.00350. The number of nitrogens with one attached hydrogen (secondary N) is 1. The largest absolute Gasteiger partial charge is 0.443 e. The highest BCUT2D eigenvalue weighted by atomic mass is 16.6. The number of amides is 1. The minimum Gasteiger partial charge on any atom is -0.443 e. The van der Waals surface area contributed by atoms with Gasteiger partial charge in [-0.2, -0.15) is 0 Å². The molecule has 0 bridgehead atoms. The van der Waals surface area contributed by atoms with Gasteiger partial charge < -0.3 is 29.0 Å². The lowest BCUT2D eigenvalue weighted by atomic mass is 9.68. The molecule has 1 saturated carbocycles. The first-order valence-electron chi connectivity index (χ1n) is 10.6. The molecule has 0 aromatic rings. The van der Waals surface area contributed by atoms with Crippen LogP contribution in [0, 0.1) is 11.8 Å². The van der Waals surface area contributed by atoms with E-state index in [0.717, 1.165) is 6.42 Å². The number of ether oxygens (including phenoxy) is 5. The fourth-order valence-electron chi connectivity index (χ4n) is 4.48. The number of rotatable bonds is 8. The summed E-state index contributed by atoms with van der Waals surface area (Å²) >= 11 is 0. The number of hydrogen-bond donors (Lipinski definition) is 1. The Morgan fingerprint density at radius 1 is 1.34 bits per heavy atom. The number of methoxy groups -OCH3 is 2. The van der Waals surface area contributed by atoms with E-state index in [0.29, 0.717) is 25.5 Å². The summed E-state index contributed by atoms with van der Waals surface area (Å²) in [5.41, 5.74) is -1.06. The maximum absolute atomic E-state index is 12.4. The smallest absolute Gasteiger partial charge is 0.407 e. The topological polar surface area (TPSA) is 81.9 Å². The Kier molecular flexibility index (Phi) is 6.35. The highest BCUT2D eigenvalue weighted by molar-refractivity contribution is 5.67. The van der Waals surface area contributed by atoms with Gasteiger partial charge in [0.25, 0.3) is 0 Å². The highest BCUT2D eigenvalue weighted by Crippen LogP contribution is 2.59. The lowest BCUT2D eigenvalue weighted by Crippen LogP contribution is -2.56. The van der Waals surface area contributed by atoms with Gasteiger partial charge in [0.1, 0.15) is 29.5 Å². The number of alkyl carbamates (subject to hydrolysis) is 1. The van der Waals surface area contributed by atoms with E-state index in [9.17, 15) is 4.79 Å². The van der Waals surface area contributed by atoms with Gasteiger partial charge >= 0.3 is 6.09 Å². The van der Waals surface area contributed by atoms with Crippen molar-refractivity contribution in [3.05, 3.63) is 12.2 Å². The Hall–Kier alpha value is -1.15. The van der Waals surface area contributed by atoms with Crippen LogP contribution in [0.2, 0.25) is 0 Å². The van der Waals surface area contributed by atoms with Crippen LogP contribution < -0.4 is 5.32 Å². The van der Waals surface area contributed by atoms with E-state index in [2.05, 4.69) is 38.2 Å². The van der Waals surface area contributed by atoms with E-state index in [1.54, 1.807) is 14.2 Å². The molecular formula is C22H37NO6. The predicted octanol–water partition coefficient (Wildman–Crippen LogP) is 3.07. The first-order chi connectivity index (χ1) is 13.6. The Labute approximate surface area is 174 Å². The molecule has 29 heavy (non-hydrogen) atoms. The average molecular weight is 412 g/mol. The Morgan fingerprint density at radius 2 is 2.03 bits per heavy atom. The van der Waals surface area contributed by atoms with Crippen LogP contribution in [0.15, 0.2) is 12.2 Å². The van der Waals surface area contributed by atoms with Crippen LogP contribution in [0.4, 0.5) is 4.79 Å². The van der Waals surface area contributed by atoms with E-state index < -0.39 is 11.7 Å². The summed E-state index contributed by atoms with van der Waals surface area (Å²) in [6, 6.07) is 0. The van der Waals surface area contributed by atoms with Crippen LogP contribution in [-0.2, 0) is 23.7 Å². The molecule has 3 aliphatic rings. The van der Waals surface area contributed by atoms with Crippen LogP contribution in [-0.4, -0.2) is 68.6 Å². The zero-order chi connectivity index (χ0) is 21.4. The lowest BCUT2D eigenvalue weighted by Gasteiger charge is -2.42. The zero-order valence-electron chi connectivity index (χ0n) is 18.8. The average Bonchev–Trinajstić information content (AvgIpc) is 3.57. The van der Waals surface area contributed by atoms with E-state index in [1.807, 2.05) is 13.8 Å². The molecule has 7 heteroatoms. The van der Waals surface area contributed by atoms with Crippen molar-refractivity contribution in [3.8, 4) is 0 Å². The van der Waals surface area contributed by atoms with Gasteiger partial charge in [-0.3, -0.25) is 0 Å². The van der Waals surface area contributed by atoms with E-state index in [-0.39, 0.29) is 35.4 Å². The molecule has 2 saturated heterocycles. The molecule has 166 valence electrons. The fraction of sp³-hybridized carbons (Fsp3) is 0.864. The van der Waals surface area contributed by atoms with Gasteiger partial charge in [0.05, 0.1) is 18.1 Å². The molecule has 1 spiro atoms. The van der Waals surface area contributed by atoms with Crippen molar-refractivity contribution in [2.24, 2.45) is 11.8 Å². The maximum atomic E-state index is 12.4. The first-order valence-corrected chi connectivity index (χ1v) is 10.6. The van der Waals surface area contributed by atoms with Gasteiger partial charge in [-0.1, -0.05) is 26.0 Å². The molecule has 2 heterocycles. The highest BCUT2D eigenvalue weighted by Gasteiger charge is 2.72. The third kappa shape index (κ3) is 4.79. The third-order valence-electron chi connectivity index (χ3n) is 6.55. The fourth-order valence-corrected chi connectivity index (χ4v) is 4.48. The number of epoxide rings is 2. The summed E-state index contributed by atoms with van der Waals surface area (Å²) in [6.07, 6.45) is 4.79. The van der Waals surface area contributed by atoms with Crippen LogP contribution in [0.3, 0.4) is 0 Å². The van der Waals surface area contributed by atoms with E-state index >= 15 is 0 Å². The molecular weight excluding hydrogens is 374 g/mol. The maximum Gasteiger partial charge on any atom is 0.407 e. The molecule has 0 radical (unpaired) electrons. The second-order valence-electron chi connectivity index (χ2n) is 9.68. The van der Waals surface area contributed by atoms with Gasteiger partial charge in [-0.25, -0.2) is 4.79 Å². The molecule has 6 atom stereocenters. The van der Waals surface area contributed by atoms with Gasteiger partial charge in [0, 0.05) is 20.8 Å². The van der Waals surface area contributed by atoms with Crippen LogP contribution >= 0.6 is 0 Å². The molecule has 0 aromatic carbocycles. The summed E-state index contributed by atoms with van der Waals surface area (Å²) in [6.45, 7) is 11.3. The van der Waals surface area contributed by atoms with Gasteiger partial charge in [-0.05, 0) is 39.5 Å². The van der Waals surface area contributed by atoms with Crippen LogP contribution in [0.1, 0.15) is 47.5 Å². The van der Waals surface area contributed by atoms with Gasteiger partial charge in [-0.15, -0.1) is 0 Å². The standard InChI is InChI=1S/C22H37NO6/c1-14(2)8-9-16-21(5,29-16)18-17(25-6)15(10-11-22(18)13-27-22)28-19(24)23-12-20(3,4)26-7/h8-9,14-18H,10-13H2,1-7H3,(H,23,24). The van der Waals surface area contributed by atoms with Crippen molar-refractivity contribution in [1.29, 1.82) is 0 Å². The summed E-state index contributed by atoms with van der Waals surface area (Å²) in [7, 11) is 3.29. The first kappa shape index (κ1) is 22.5. The number of allylic oxidation sites excluding steroid dienone is 1. The minimum atomic E-state index is -0.452. The SMILES string of the molecule is COC1C(OC(=O)NCC(C)(C)OC)CCC2(CO2)C1C1(C)OC1C=CC(C)C. The Balaban J connectivity index is 1.68. The number of carbonyl (C=O) groups is 1. The summed E-state index contributed by atoms with van der Waals surface area (Å²) in [4.78, 5) is 12.4. The Morgan fingerprint density at radius 3 is 2.59 bits per heavy atom. The summed E-state index contributed by atoms with van der Waals surface area (Å²) < 4.78 is 29.1. The normalized spacial score (nSPS) is 39.2. The second kappa shape index (κ2) is 8.17. The second-order valence-corrected chi connectivity index (χ2v) is 9.68. The summed E-state index contributed by atoms with van der Waals surface area (Å²) in [5.74, 6) is 0.471. The molecule has 7 nitrogen and oxygen atoms in total. The lowest BCUT2D eigenvalue weighted by molar-refractivity contribution is -0.118. The van der Waals surface area contributed by atoms with Crippen molar-refractivity contribution in [2.75, 3.05) is 27.4 Å². The monoisotopic (exact) mass is 411 g/mol. The molecule has 3 rings (SSSR count). The zero-order valence-corrected chi connectivity index (χ0v) is 18.8. The predicted molar refractivity (Wildman–Crippen MR) is 109 cm³/mol. The van der Waals surface area contributed by atoms with E-state index in [4.69, 9.17) is 23.7 Å². The molecule has 2 aliphatic heterocycles. The number of hydrogen-bond acceptors (Lipinski definition) is 6. The van der Waals surface area contributed by atoms with Crippen molar-refractivity contribution >= 4 is 6.09 Å². The molecule has 3 fully saturated rings. The van der Waals surface area contributed by atoms with E-state index in [1.165, 1.54) is 0 Å². The molecule has 0 aromatic heterocycles. The summed E-state index contributed by atoms with van der Waals surface area (Å²) in [5, 5.41) is 2.80. The van der Waals surface area contributed by atoms with Crippen molar-refractivity contribution < 1.29 is 28.5 Å². The van der Waals surface area contributed by atoms with Crippen molar-refractivity contribution in [2.45, 2.75) is 82.6 Å². The molecule has 1 N–H and O–H groups in total. The Bertz CT molecular complexity index is 629. The number of carbonyl (C=O) groups excluding carboxylic acids is 1.